The van der Waals surface area contributed by atoms with Crippen LogP contribution >= 0.6 is 11.6 Å². The summed E-state index contributed by atoms with van der Waals surface area (Å²) in [6.07, 6.45) is 4.19. The minimum Gasteiger partial charge on any atom is -0.381 e. The summed E-state index contributed by atoms with van der Waals surface area (Å²) in [5.41, 5.74) is 2.12. The molecule has 0 bridgehead atoms. The van der Waals surface area contributed by atoms with Gasteiger partial charge in [0.05, 0.1) is 33.9 Å². The quantitative estimate of drug-likeness (QED) is 0.568. The molecular weight excluding hydrogens is 400 g/mol. The van der Waals surface area contributed by atoms with E-state index < -0.39 is 6.43 Å². The number of fused-ring (bicyclic) bond motifs is 2. The average Bonchev–Trinajstić information content (AvgIpc) is 3.13. The Balaban J connectivity index is 1.65. The monoisotopic (exact) mass is 419 g/mol. The first-order valence-corrected chi connectivity index (χ1v) is 10.2. The fourth-order valence-corrected chi connectivity index (χ4v) is 4.46. The minimum atomic E-state index is -2.68. The maximum absolute atomic E-state index is 13.4. The first-order chi connectivity index (χ1) is 14.1. The van der Waals surface area contributed by atoms with Gasteiger partial charge < -0.3 is 9.64 Å². The Bertz CT molecular complexity index is 1050. The van der Waals surface area contributed by atoms with Gasteiger partial charge in [-0.2, -0.15) is 5.10 Å². The van der Waals surface area contributed by atoms with E-state index in [0.29, 0.717) is 31.9 Å². The van der Waals surface area contributed by atoms with Crippen molar-refractivity contribution in [2.45, 2.75) is 38.2 Å². The lowest BCUT2D eigenvalue weighted by molar-refractivity contribution is 0.0675. The van der Waals surface area contributed by atoms with Crippen molar-refractivity contribution in [3.05, 3.63) is 40.9 Å². The van der Waals surface area contributed by atoms with E-state index in [0.717, 1.165) is 41.7 Å². The van der Waals surface area contributed by atoms with E-state index in [-0.39, 0.29) is 16.8 Å². The lowest BCUT2D eigenvalue weighted by Gasteiger charge is -2.30. The first-order valence-electron chi connectivity index (χ1n) is 9.78. The fraction of sp³-hybridized carbons (Fsp3) is 0.450. The third-order valence-electron chi connectivity index (χ3n) is 5.66. The van der Waals surface area contributed by atoms with Crippen LogP contribution in [0.25, 0.3) is 10.9 Å². The standard InChI is InChI=1S/C20H20ClF2N5O/c21-18-13(19(22)23)10-17-15(25-18)2-1-7-27(17)20-14-11-24-6-3-16(14)28(26-20)12-4-8-29-9-5-12/h3,6,10-12,19H,1-2,4-5,7-9H2. The van der Waals surface area contributed by atoms with Gasteiger partial charge in [0.25, 0.3) is 6.43 Å². The van der Waals surface area contributed by atoms with Crippen LogP contribution in [0, 0.1) is 0 Å². The van der Waals surface area contributed by atoms with E-state index in [1.165, 1.54) is 6.07 Å². The van der Waals surface area contributed by atoms with E-state index in [1.807, 2.05) is 15.6 Å². The molecule has 9 heteroatoms. The molecule has 6 nitrogen and oxygen atoms in total. The van der Waals surface area contributed by atoms with Crippen LogP contribution < -0.4 is 4.90 Å². The maximum Gasteiger partial charge on any atom is 0.266 e. The van der Waals surface area contributed by atoms with E-state index in [4.69, 9.17) is 21.4 Å². The summed E-state index contributed by atoms with van der Waals surface area (Å²) in [6, 6.07) is 3.66. The van der Waals surface area contributed by atoms with Crippen LogP contribution in [0.2, 0.25) is 5.15 Å². The van der Waals surface area contributed by atoms with Crippen molar-refractivity contribution in [2.75, 3.05) is 24.7 Å². The molecule has 0 aliphatic carbocycles. The number of pyridine rings is 2. The Morgan fingerprint density at radius 1 is 1.24 bits per heavy atom. The number of hydrogen-bond acceptors (Lipinski definition) is 5. The molecule has 0 atom stereocenters. The Labute approximate surface area is 171 Å². The molecule has 2 aliphatic rings. The predicted molar refractivity (Wildman–Crippen MR) is 106 cm³/mol. The van der Waals surface area contributed by atoms with Crippen LogP contribution in [0.5, 0.6) is 0 Å². The SMILES string of the molecule is FC(F)c1cc2c(nc1Cl)CCCN2c1nn(C2CCOCC2)c2ccncc12. The van der Waals surface area contributed by atoms with Gasteiger partial charge >= 0.3 is 0 Å². The molecule has 5 rings (SSSR count). The van der Waals surface area contributed by atoms with Crippen LogP contribution in [-0.4, -0.2) is 39.5 Å². The Kier molecular flexibility index (Phi) is 4.83. The third-order valence-corrected chi connectivity index (χ3v) is 5.96. The molecule has 0 N–H and O–H groups in total. The second kappa shape index (κ2) is 7.50. The number of halogens is 3. The lowest BCUT2D eigenvalue weighted by Crippen LogP contribution is -2.27. The summed E-state index contributed by atoms with van der Waals surface area (Å²) in [7, 11) is 0. The third kappa shape index (κ3) is 3.24. The minimum absolute atomic E-state index is 0.125. The van der Waals surface area contributed by atoms with Crippen molar-refractivity contribution < 1.29 is 13.5 Å². The van der Waals surface area contributed by atoms with Crippen molar-refractivity contribution in [1.29, 1.82) is 0 Å². The summed E-state index contributed by atoms with van der Waals surface area (Å²) in [5, 5.41) is 5.71. The van der Waals surface area contributed by atoms with Gasteiger partial charge in [0, 0.05) is 32.2 Å². The van der Waals surface area contributed by atoms with Gasteiger partial charge in [-0.15, -0.1) is 0 Å². The number of alkyl halides is 2. The first kappa shape index (κ1) is 18.7. The number of anilines is 2. The highest BCUT2D eigenvalue weighted by atomic mass is 35.5. The molecule has 0 spiro atoms. The molecule has 3 aromatic heterocycles. The molecule has 3 aromatic rings. The van der Waals surface area contributed by atoms with Crippen molar-refractivity contribution in [2.24, 2.45) is 0 Å². The van der Waals surface area contributed by atoms with Crippen molar-refractivity contribution in [3.63, 3.8) is 0 Å². The number of ether oxygens (including phenoxy) is 1. The van der Waals surface area contributed by atoms with Crippen molar-refractivity contribution in [1.82, 2.24) is 19.7 Å². The predicted octanol–water partition coefficient (Wildman–Crippen LogP) is 4.85. The second-order valence-electron chi connectivity index (χ2n) is 7.39. The van der Waals surface area contributed by atoms with Gasteiger partial charge in [-0.3, -0.25) is 9.67 Å². The molecule has 0 aromatic carbocycles. The molecule has 1 fully saturated rings. The van der Waals surface area contributed by atoms with E-state index >= 15 is 0 Å². The van der Waals surface area contributed by atoms with Crippen LogP contribution in [0.1, 0.15) is 43.0 Å². The Morgan fingerprint density at radius 2 is 2.07 bits per heavy atom. The number of aromatic nitrogens is 4. The summed E-state index contributed by atoms with van der Waals surface area (Å²) in [6.45, 7) is 2.09. The van der Waals surface area contributed by atoms with Crippen molar-refractivity contribution in [3.8, 4) is 0 Å². The van der Waals surface area contributed by atoms with E-state index in [1.54, 1.807) is 12.4 Å². The summed E-state index contributed by atoms with van der Waals surface area (Å²) < 4.78 is 34.4. The van der Waals surface area contributed by atoms with Crippen LogP contribution in [0.4, 0.5) is 20.3 Å². The molecule has 0 unspecified atom stereocenters. The Hall–Kier alpha value is -2.32. The van der Waals surface area contributed by atoms with Crippen LogP contribution in [-0.2, 0) is 11.2 Å². The summed E-state index contributed by atoms with van der Waals surface area (Å²) in [4.78, 5) is 10.5. The molecule has 0 saturated carbocycles. The van der Waals surface area contributed by atoms with Crippen LogP contribution in [0.3, 0.4) is 0 Å². The van der Waals surface area contributed by atoms with Gasteiger partial charge in [0.2, 0.25) is 0 Å². The number of hydrogen-bond donors (Lipinski definition) is 0. The van der Waals surface area contributed by atoms with Gasteiger partial charge in [0.1, 0.15) is 5.15 Å². The molecule has 1 saturated heterocycles. The molecule has 2 aliphatic heterocycles. The normalized spacial score (nSPS) is 17.9. The van der Waals surface area contributed by atoms with E-state index in [9.17, 15) is 8.78 Å². The zero-order chi connectivity index (χ0) is 20.0. The van der Waals surface area contributed by atoms with Gasteiger partial charge in [-0.1, -0.05) is 11.6 Å². The van der Waals surface area contributed by atoms with Gasteiger partial charge in [-0.05, 0) is 37.8 Å². The van der Waals surface area contributed by atoms with E-state index in [2.05, 4.69) is 9.97 Å². The lowest BCUT2D eigenvalue weighted by atomic mass is 10.1. The zero-order valence-electron chi connectivity index (χ0n) is 15.7. The largest absolute Gasteiger partial charge is 0.381 e. The summed E-state index contributed by atoms with van der Waals surface area (Å²) in [5.74, 6) is 0.727. The topological polar surface area (TPSA) is 56.1 Å². The average molecular weight is 420 g/mol. The van der Waals surface area contributed by atoms with Gasteiger partial charge in [-0.25, -0.2) is 13.8 Å². The highest BCUT2D eigenvalue weighted by Crippen LogP contribution is 2.40. The summed E-state index contributed by atoms with van der Waals surface area (Å²) >= 11 is 6.00. The molecule has 5 heterocycles. The number of aryl methyl sites for hydroxylation is 1. The van der Waals surface area contributed by atoms with Crippen molar-refractivity contribution >= 4 is 34.0 Å². The Morgan fingerprint density at radius 3 is 2.86 bits per heavy atom. The molecule has 0 radical (unpaired) electrons. The smallest absolute Gasteiger partial charge is 0.266 e. The number of nitrogens with zero attached hydrogens (tertiary/aromatic N) is 5. The highest BCUT2D eigenvalue weighted by molar-refractivity contribution is 6.30. The van der Waals surface area contributed by atoms with Gasteiger partial charge in [0.15, 0.2) is 5.82 Å². The zero-order valence-corrected chi connectivity index (χ0v) is 16.4. The molecule has 0 amide bonds. The molecule has 29 heavy (non-hydrogen) atoms. The molecule has 152 valence electrons. The fourth-order valence-electron chi connectivity index (χ4n) is 4.22. The maximum atomic E-state index is 13.4. The molecular formula is C20H20ClF2N5O. The number of rotatable bonds is 3. The highest BCUT2D eigenvalue weighted by Gasteiger charge is 2.29. The van der Waals surface area contributed by atoms with Crippen LogP contribution in [0.15, 0.2) is 24.5 Å². The second-order valence-corrected chi connectivity index (χ2v) is 7.75.